The maximum atomic E-state index is 8.43. The van der Waals surface area contributed by atoms with Crippen molar-refractivity contribution in [3.05, 3.63) is 164 Å². The van der Waals surface area contributed by atoms with E-state index in [-0.39, 0.29) is 29.7 Å². The monoisotopic (exact) mass is 662 g/mol. The molecule has 0 amide bonds. The largest absolute Gasteiger partial charge is 0.456 e. The summed E-state index contributed by atoms with van der Waals surface area (Å²) >= 11 is 1.81. The second kappa shape index (κ2) is 11.6. The predicted molar refractivity (Wildman–Crippen MR) is 207 cm³/mol. The number of benzene rings is 7. The number of thiophene rings is 1. The van der Waals surface area contributed by atoms with Gasteiger partial charge in [0.1, 0.15) is 11.2 Å². The Balaban J connectivity index is 1.09. The summed E-state index contributed by atoms with van der Waals surface area (Å²) in [5, 5.41) is 4.46. The summed E-state index contributed by atoms with van der Waals surface area (Å²) in [5.74, 6) is 1.43. The van der Waals surface area contributed by atoms with Crippen LogP contribution in [0.5, 0.6) is 0 Å². The van der Waals surface area contributed by atoms with Crippen LogP contribution in [0, 0.1) is 0 Å². The lowest BCUT2D eigenvalue weighted by atomic mass is 10.00. The third kappa shape index (κ3) is 4.87. The summed E-state index contributed by atoms with van der Waals surface area (Å²) in [5.41, 5.74) is 6.80. The van der Waals surface area contributed by atoms with Crippen LogP contribution >= 0.6 is 11.3 Å². The van der Waals surface area contributed by atoms with E-state index in [9.17, 15) is 0 Å². The summed E-state index contributed by atoms with van der Waals surface area (Å²) in [6.45, 7) is 0. The molecular formula is C45H27N3OS. The molecule has 0 aliphatic heterocycles. The molecule has 0 spiro atoms. The van der Waals surface area contributed by atoms with E-state index in [1.807, 2.05) is 59.9 Å². The highest BCUT2D eigenvalue weighted by molar-refractivity contribution is 7.26. The number of hydrogen-bond donors (Lipinski definition) is 0. The Labute approximate surface area is 299 Å². The minimum absolute atomic E-state index is 0.142. The number of aromatic nitrogens is 3. The van der Waals surface area contributed by atoms with Crippen LogP contribution in [-0.2, 0) is 0 Å². The first-order valence-electron chi connectivity index (χ1n) is 18.7. The molecule has 3 aromatic heterocycles. The van der Waals surface area contributed by atoms with Crippen LogP contribution in [-0.4, -0.2) is 15.0 Å². The van der Waals surface area contributed by atoms with E-state index in [0.29, 0.717) is 28.6 Å². The van der Waals surface area contributed by atoms with Gasteiger partial charge >= 0.3 is 0 Å². The minimum Gasteiger partial charge on any atom is -0.456 e. The highest BCUT2D eigenvalue weighted by Crippen LogP contribution is 2.41. The van der Waals surface area contributed by atoms with E-state index in [1.165, 1.54) is 25.7 Å². The van der Waals surface area contributed by atoms with Crippen LogP contribution in [0.2, 0.25) is 0 Å². The first-order chi connectivity index (χ1) is 26.8. The van der Waals surface area contributed by atoms with Gasteiger partial charge in [-0.3, -0.25) is 0 Å². The van der Waals surface area contributed by atoms with Gasteiger partial charge in [-0.05, 0) is 58.7 Å². The fourth-order valence-corrected chi connectivity index (χ4v) is 7.83. The van der Waals surface area contributed by atoms with Gasteiger partial charge in [0, 0.05) is 47.6 Å². The summed E-state index contributed by atoms with van der Waals surface area (Å²) in [4.78, 5) is 14.8. The zero-order valence-corrected chi connectivity index (χ0v) is 27.2. The van der Waals surface area contributed by atoms with E-state index in [4.69, 9.17) is 26.2 Å². The second-order valence-electron chi connectivity index (χ2n) is 12.1. The minimum atomic E-state index is -0.423. The first-order valence-corrected chi connectivity index (χ1v) is 17.0. The van der Waals surface area contributed by atoms with Crippen LogP contribution in [0.4, 0.5) is 0 Å². The van der Waals surface area contributed by atoms with Crippen LogP contribution in [0.3, 0.4) is 0 Å². The zero-order valence-electron chi connectivity index (χ0n) is 31.4. The smallest absolute Gasteiger partial charge is 0.164 e. The fraction of sp³-hybridized carbons (Fsp3) is 0. The van der Waals surface area contributed by atoms with Crippen molar-refractivity contribution >= 4 is 53.4 Å². The lowest BCUT2D eigenvalue weighted by Gasteiger charge is -2.09. The van der Waals surface area contributed by atoms with Crippen molar-refractivity contribution in [3.63, 3.8) is 0 Å². The van der Waals surface area contributed by atoms with Gasteiger partial charge in [-0.25, -0.2) is 15.0 Å². The predicted octanol–water partition coefficient (Wildman–Crippen LogP) is 12.5. The summed E-state index contributed by atoms with van der Waals surface area (Å²) in [6, 6.07) is 42.5. The standard InChI is InChI=1S/C45H27N3OS/c1-3-10-28(11-4-1)29-18-20-31(21-19-29)44-46-43(30-12-5-2-6-13-30)47-45(48-44)33-23-25-40-38(27-33)37-26-32(22-24-39(37)49-40)34-15-9-16-36-35-14-7-8-17-41(35)50-42(34)36/h1-27H/i1D,3D,4D,10D,11D. The SMILES string of the molecule is [2H]c1c([2H])c([2H])c(-c2ccc(-c3nc(-c4ccccc4)nc(-c4ccc5oc6ccc(-c7cccc8c7sc7ccccc78)cc6c5c4)n3)cc2)c([2H])c1[2H]. The maximum absolute atomic E-state index is 8.43. The zero-order chi connectivity index (χ0) is 37.4. The van der Waals surface area contributed by atoms with Crippen molar-refractivity contribution in [1.82, 2.24) is 15.0 Å². The quantitative estimate of drug-likeness (QED) is 0.184. The summed E-state index contributed by atoms with van der Waals surface area (Å²) < 4.78 is 49.9. The van der Waals surface area contributed by atoms with Gasteiger partial charge in [0.25, 0.3) is 0 Å². The van der Waals surface area contributed by atoms with E-state index >= 15 is 0 Å². The molecule has 0 unspecified atom stereocenters. The Kier molecular flexibility index (Phi) is 5.54. The Hall–Kier alpha value is -6.43. The Morgan fingerprint density at radius 3 is 1.78 bits per heavy atom. The average molecular weight is 663 g/mol. The molecule has 0 atom stereocenters. The number of fused-ring (bicyclic) bond motifs is 6. The lowest BCUT2D eigenvalue weighted by molar-refractivity contribution is 0.669. The van der Waals surface area contributed by atoms with E-state index in [0.717, 1.165) is 38.6 Å². The van der Waals surface area contributed by atoms with E-state index in [1.54, 1.807) is 24.3 Å². The molecule has 0 saturated heterocycles. The third-order valence-electron chi connectivity index (χ3n) is 9.04. The molecule has 0 aliphatic rings. The highest BCUT2D eigenvalue weighted by atomic mass is 32.1. The van der Waals surface area contributed by atoms with Crippen molar-refractivity contribution in [2.75, 3.05) is 0 Å². The molecular weight excluding hydrogens is 631 g/mol. The molecule has 0 fully saturated rings. The number of furan rings is 1. The highest BCUT2D eigenvalue weighted by Gasteiger charge is 2.16. The molecule has 0 radical (unpaired) electrons. The van der Waals surface area contributed by atoms with Crippen molar-refractivity contribution in [2.24, 2.45) is 0 Å². The molecule has 10 aromatic rings. The van der Waals surface area contributed by atoms with Crippen molar-refractivity contribution in [3.8, 4) is 56.4 Å². The van der Waals surface area contributed by atoms with Crippen molar-refractivity contribution < 1.29 is 11.3 Å². The van der Waals surface area contributed by atoms with Gasteiger partial charge in [0.15, 0.2) is 17.5 Å². The van der Waals surface area contributed by atoms with E-state index < -0.39 is 6.04 Å². The molecule has 10 rings (SSSR count). The van der Waals surface area contributed by atoms with Crippen molar-refractivity contribution in [1.29, 1.82) is 0 Å². The Morgan fingerprint density at radius 2 is 1.02 bits per heavy atom. The topological polar surface area (TPSA) is 51.8 Å². The Morgan fingerprint density at radius 1 is 0.440 bits per heavy atom. The number of hydrogen-bond acceptors (Lipinski definition) is 5. The average Bonchev–Trinajstić information content (AvgIpc) is 3.80. The molecule has 0 aliphatic carbocycles. The van der Waals surface area contributed by atoms with Crippen LogP contribution in [0.25, 0.3) is 98.5 Å². The maximum Gasteiger partial charge on any atom is 0.164 e. The fourth-order valence-electron chi connectivity index (χ4n) is 6.59. The van der Waals surface area contributed by atoms with Gasteiger partial charge < -0.3 is 4.42 Å². The van der Waals surface area contributed by atoms with Crippen LogP contribution < -0.4 is 0 Å². The number of nitrogens with zero attached hydrogens (tertiary/aromatic N) is 3. The first kappa shape index (κ1) is 23.8. The van der Waals surface area contributed by atoms with Crippen LogP contribution in [0.1, 0.15) is 6.85 Å². The van der Waals surface area contributed by atoms with Gasteiger partial charge in [0.05, 0.1) is 6.85 Å². The summed E-state index contributed by atoms with van der Waals surface area (Å²) in [7, 11) is 0. The molecule has 50 heavy (non-hydrogen) atoms. The number of rotatable bonds is 5. The van der Waals surface area contributed by atoms with Gasteiger partial charge in [-0.2, -0.15) is 0 Å². The lowest BCUT2D eigenvalue weighted by Crippen LogP contribution is -2.00. The molecule has 3 heterocycles. The second-order valence-corrected chi connectivity index (χ2v) is 13.1. The van der Waals surface area contributed by atoms with Gasteiger partial charge in [0.2, 0.25) is 0 Å². The summed E-state index contributed by atoms with van der Waals surface area (Å²) in [6.07, 6.45) is 0. The molecule has 4 nitrogen and oxygen atoms in total. The molecule has 5 heteroatoms. The Bertz CT molecular complexity index is 3130. The third-order valence-corrected chi connectivity index (χ3v) is 10.3. The van der Waals surface area contributed by atoms with Crippen molar-refractivity contribution in [2.45, 2.75) is 0 Å². The normalized spacial score (nSPS) is 13.0. The molecule has 234 valence electrons. The molecule has 0 saturated carbocycles. The molecule has 7 aromatic carbocycles. The molecule has 0 bridgehead atoms. The molecule has 0 N–H and O–H groups in total. The van der Waals surface area contributed by atoms with E-state index in [2.05, 4.69) is 60.7 Å². The van der Waals surface area contributed by atoms with Crippen LogP contribution in [0.15, 0.2) is 168 Å². The van der Waals surface area contributed by atoms with Gasteiger partial charge in [-0.1, -0.05) is 127 Å². The van der Waals surface area contributed by atoms with Gasteiger partial charge in [-0.15, -0.1) is 11.3 Å².